The van der Waals surface area contributed by atoms with Crippen molar-refractivity contribution in [3.8, 4) is 0 Å². The molecule has 0 saturated carbocycles. The Morgan fingerprint density at radius 3 is 0.943 bits per heavy atom. The summed E-state index contributed by atoms with van der Waals surface area (Å²) in [5.41, 5.74) is 0.806. The van der Waals surface area contributed by atoms with E-state index in [1.165, 1.54) is 0 Å². The van der Waals surface area contributed by atoms with E-state index in [0.717, 1.165) is 17.0 Å². The Bertz CT molecular complexity index is 855. The molecule has 15 heteroatoms. The second-order valence-electron chi connectivity index (χ2n) is 6.29. The molecule has 2 aromatic rings. The van der Waals surface area contributed by atoms with Crippen LogP contribution >= 0.6 is 0 Å². The first kappa shape index (κ1) is 40.2. The second kappa shape index (κ2) is 20.6. The third-order valence-corrected chi connectivity index (χ3v) is 6.82. The number of aliphatic carboxylic acids is 4. The molecule has 0 heterocycles. The molecule has 0 bridgehead atoms. The van der Waals surface area contributed by atoms with Crippen molar-refractivity contribution in [2.45, 2.75) is 0 Å². The Morgan fingerprint density at radius 2 is 0.743 bits per heavy atom. The van der Waals surface area contributed by atoms with Crippen molar-refractivity contribution in [1.82, 2.24) is 0 Å². The van der Waals surface area contributed by atoms with E-state index in [1.807, 2.05) is 0 Å². The number of carboxylic acid groups (broad SMARTS) is 4. The van der Waals surface area contributed by atoms with Crippen molar-refractivity contribution in [3.63, 3.8) is 0 Å². The number of carbonyl (C=O) groups excluding carboxylic acids is 4. The zero-order valence-electron chi connectivity index (χ0n) is 20.0. The van der Waals surface area contributed by atoms with Crippen LogP contribution in [0.1, 0.15) is 0 Å². The van der Waals surface area contributed by atoms with Crippen LogP contribution in [0.5, 0.6) is 0 Å². The summed E-state index contributed by atoms with van der Waals surface area (Å²) in [6.45, 7) is -2.33. The Hall–Kier alpha value is 0.710. The molecule has 35 heavy (non-hydrogen) atoms. The van der Waals surface area contributed by atoms with E-state index < -0.39 is 71.0 Å². The van der Waals surface area contributed by atoms with Crippen molar-refractivity contribution in [2.24, 2.45) is 0 Å². The van der Waals surface area contributed by atoms with Crippen molar-refractivity contribution in [2.75, 3.05) is 36.0 Å². The summed E-state index contributed by atoms with van der Waals surface area (Å²) in [6.07, 6.45) is 0. The van der Waals surface area contributed by atoms with Crippen LogP contribution in [0.15, 0.2) is 48.5 Å². The van der Waals surface area contributed by atoms with Gasteiger partial charge in [0.15, 0.2) is 0 Å². The topological polar surface area (TPSA) is 167 Å². The molecular weight excluding hydrogens is 616 g/mol. The summed E-state index contributed by atoms with van der Waals surface area (Å²) in [6, 6.07) is 13.5. The fourth-order valence-corrected chi connectivity index (χ4v) is 5.02. The predicted molar refractivity (Wildman–Crippen MR) is 102 cm³/mol. The van der Waals surface area contributed by atoms with Gasteiger partial charge in [-0.3, -0.25) is 0 Å². The molecule has 0 spiro atoms. The van der Waals surface area contributed by atoms with Crippen LogP contribution in [-0.2, 0) is 19.2 Å². The molecule has 0 fully saturated rings. The zero-order chi connectivity index (χ0) is 23.0. The van der Waals surface area contributed by atoms with Crippen LogP contribution in [0.4, 0.5) is 11.4 Å². The minimum Gasteiger partial charge on any atom is 1.00 e. The zero-order valence-corrected chi connectivity index (χ0v) is 30.3. The van der Waals surface area contributed by atoms with Gasteiger partial charge in [-0.05, 0) is 0 Å². The number of carbonyl (C=O) groups is 4. The number of carboxylic acids is 4. The molecule has 10 nitrogen and oxygen atoms in total. The molecule has 0 atom stereocenters. The first-order valence-corrected chi connectivity index (χ1v) is 11.1. The van der Waals surface area contributed by atoms with E-state index >= 15 is 0 Å². The third-order valence-electron chi connectivity index (χ3n) is 3.92. The number of benzene rings is 2. The maximum absolute atomic E-state index is 10.8. The maximum atomic E-state index is 10.8. The van der Waals surface area contributed by atoms with Gasteiger partial charge in [-0.25, -0.2) is 0 Å². The molecular formula is C20H16N2Na4O8Te. The minimum atomic E-state index is -1.41. The molecule has 0 aliphatic heterocycles. The molecule has 2 rings (SSSR count). The van der Waals surface area contributed by atoms with Crippen LogP contribution in [0, 0.1) is 0 Å². The second-order valence-corrected chi connectivity index (χ2v) is 9.56. The van der Waals surface area contributed by atoms with Gasteiger partial charge in [0.1, 0.15) is 0 Å². The minimum absolute atomic E-state index is 0. The molecule has 0 saturated heterocycles. The molecule has 164 valence electrons. The van der Waals surface area contributed by atoms with Gasteiger partial charge >= 0.3 is 306 Å². The molecule has 0 amide bonds. The van der Waals surface area contributed by atoms with E-state index in [9.17, 15) is 39.6 Å². The summed E-state index contributed by atoms with van der Waals surface area (Å²) in [5.74, 6) is -5.65. The number of anilines is 2. The van der Waals surface area contributed by atoms with Crippen LogP contribution < -0.4 is 156 Å². The monoisotopic (exact) mass is 634 g/mol. The molecule has 0 aromatic heterocycles. The van der Waals surface area contributed by atoms with Crippen molar-refractivity contribution in [1.29, 1.82) is 0 Å². The van der Waals surface area contributed by atoms with E-state index in [1.54, 1.807) is 48.5 Å². The van der Waals surface area contributed by atoms with Crippen LogP contribution in [0.2, 0.25) is 0 Å². The summed E-state index contributed by atoms with van der Waals surface area (Å²) in [4.78, 5) is 45.6. The van der Waals surface area contributed by atoms with Gasteiger partial charge in [0.2, 0.25) is 0 Å². The Balaban J connectivity index is -0.00000256. The van der Waals surface area contributed by atoms with Crippen molar-refractivity contribution >= 4 is 63.4 Å². The van der Waals surface area contributed by atoms with Gasteiger partial charge in [-0.2, -0.15) is 0 Å². The molecule has 2 aromatic carbocycles. The first-order valence-electron chi connectivity index (χ1n) is 8.81. The Morgan fingerprint density at radius 1 is 0.514 bits per heavy atom. The summed E-state index contributed by atoms with van der Waals surface area (Å²) >= 11 is -0.863. The SMILES string of the molecule is O=C([O-])CN(CC(=O)[O-])c1ccc([Te]c2ccc(N(CC(=O)[O-])CC(=O)[O-])cc2)cc1.[Na+].[Na+].[Na+].[Na+]. The van der Waals surface area contributed by atoms with Gasteiger partial charge in [0.05, 0.1) is 0 Å². The van der Waals surface area contributed by atoms with Crippen LogP contribution in [-0.4, -0.2) is 71.0 Å². The van der Waals surface area contributed by atoms with E-state index in [0.29, 0.717) is 11.4 Å². The number of nitrogens with zero attached hydrogens (tertiary/aromatic N) is 2. The largest absolute Gasteiger partial charge is 1.00 e. The summed E-state index contributed by atoms with van der Waals surface area (Å²) in [7, 11) is 0. The van der Waals surface area contributed by atoms with Crippen molar-refractivity contribution in [3.05, 3.63) is 48.5 Å². The van der Waals surface area contributed by atoms with Gasteiger partial charge in [-0.1, -0.05) is 0 Å². The quantitative estimate of drug-likeness (QED) is 0.205. The van der Waals surface area contributed by atoms with Crippen LogP contribution in [0.3, 0.4) is 0 Å². The Labute approximate surface area is 301 Å². The molecule has 0 aliphatic carbocycles. The molecule has 0 N–H and O–H groups in total. The predicted octanol–water partition coefficient (Wildman–Crippen LogP) is -18.0. The number of hydrogen-bond donors (Lipinski definition) is 0. The maximum Gasteiger partial charge on any atom is 1.00 e. The van der Waals surface area contributed by atoms with Crippen molar-refractivity contribution < 1.29 is 158 Å². The van der Waals surface area contributed by atoms with E-state index in [2.05, 4.69) is 0 Å². The summed E-state index contributed by atoms with van der Waals surface area (Å²) in [5, 5.41) is 43.3. The number of rotatable bonds is 12. The van der Waals surface area contributed by atoms with Gasteiger partial charge in [0.25, 0.3) is 0 Å². The van der Waals surface area contributed by atoms with E-state index in [4.69, 9.17) is 0 Å². The molecule has 0 unspecified atom stereocenters. The molecule has 0 aliphatic rings. The third kappa shape index (κ3) is 15.7. The Kier molecular flexibility index (Phi) is 23.7. The normalized spacial score (nSPS) is 9.14. The van der Waals surface area contributed by atoms with Gasteiger partial charge in [0, 0.05) is 0 Å². The fraction of sp³-hybridized carbons (Fsp3) is 0.200. The smallest absolute Gasteiger partial charge is 1.00 e. The average Bonchev–Trinajstić information content (AvgIpc) is 2.67. The standard InChI is InChI=1S/C20H20N2O8Te.4Na/c23-17(24)9-21(10-18(25)26)13-1-5-15(6-2-13)31-16-7-3-14(4-8-16)22(11-19(27)28)12-20(29)30;;;;/h1-8H,9-12H2,(H,23,24)(H,25,26)(H,27,28)(H,29,30);;;;/q;4*+1/p-4. The summed E-state index contributed by atoms with van der Waals surface area (Å²) < 4.78 is 1.95. The van der Waals surface area contributed by atoms with E-state index in [-0.39, 0.29) is 118 Å². The first-order chi connectivity index (χ1) is 14.6. The fourth-order valence-electron chi connectivity index (χ4n) is 2.69. The van der Waals surface area contributed by atoms with Gasteiger partial charge < -0.3 is 0 Å². The van der Waals surface area contributed by atoms with Gasteiger partial charge in [-0.15, -0.1) is 0 Å². The molecule has 0 radical (unpaired) electrons. The number of hydrogen-bond acceptors (Lipinski definition) is 10. The van der Waals surface area contributed by atoms with Crippen LogP contribution in [0.25, 0.3) is 0 Å². The average molecular weight is 632 g/mol.